The monoisotopic (exact) mass is 346 g/mol. The van der Waals surface area contributed by atoms with Crippen LogP contribution >= 0.6 is 27.5 Å². The van der Waals surface area contributed by atoms with Gasteiger partial charge in [0.15, 0.2) is 0 Å². The van der Waals surface area contributed by atoms with Crippen LogP contribution in [0.1, 0.15) is 38.8 Å². The van der Waals surface area contributed by atoms with Gasteiger partial charge in [-0.15, -0.1) is 0 Å². The second-order valence-electron chi connectivity index (χ2n) is 5.02. The number of nitrogens with two attached hydrogens (primary N) is 1. The van der Waals surface area contributed by atoms with Gasteiger partial charge in [-0.2, -0.15) is 0 Å². The van der Waals surface area contributed by atoms with Gasteiger partial charge in [-0.1, -0.05) is 60.8 Å². The lowest BCUT2D eigenvalue weighted by atomic mass is 10.0. The van der Waals surface area contributed by atoms with Gasteiger partial charge in [-0.3, -0.25) is 4.90 Å². The summed E-state index contributed by atoms with van der Waals surface area (Å²) in [5.41, 5.74) is 7.12. The first-order valence-electron chi connectivity index (χ1n) is 6.92. The Morgan fingerprint density at radius 2 is 2.05 bits per heavy atom. The SMILES string of the molecule is CCC(C)CN(CC)C(CN)c1ccc(Br)cc1Cl. The molecule has 0 fully saturated rings. The number of hydrogen-bond donors (Lipinski definition) is 1. The molecule has 0 bridgehead atoms. The van der Waals surface area contributed by atoms with E-state index < -0.39 is 0 Å². The maximum Gasteiger partial charge on any atom is 0.0485 e. The summed E-state index contributed by atoms with van der Waals surface area (Å²) in [5.74, 6) is 0.670. The fourth-order valence-electron chi connectivity index (χ4n) is 2.25. The average molecular weight is 348 g/mol. The third kappa shape index (κ3) is 4.75. The lowest BCUT2D eigenvalue weighted by Crippen LogP contribution is -2.36. The van der Waals surface area contributed by atoms with Crippen molar-refractivity contribution in [3.05, 3.63) is 33.3 Å². The van der Waals surface area contributed by atoms with Crippen molar-refractivity contribution in [3.8, 4) is 0 Å². The van der Waals surface area contributed by atoms with E-state index in [1.807, 2.05) is 12.1 Å². The van der Waals surface area contributed by atoms with Gasteiger partial charge >= 0.3 is 0 Å². The van der Waals surface area contributed by atoms with Crippen molar-refractivity contribution in [1.82, 2.24) is 4.90 Å². The normalized spacial score (nSPS) is 14.7. The van der Waals surface area contributed by atoms with E-state index in [0.717, 1.165) is 28.1 Å². The molecule has 0 heterocycles. The lowest BCUT2D eigenvalue weighted by Gasteiger charge is -2.32. The minimum absolute atomic E-state index is 0.194. The zero-order valence-corrected chi connectivity index (χ0v) is 14.3. The summed E-state index contributed by atoms with van der Waals surface area (Å²) in [6, 6.07) is 6.24. The highest BCUT2D eigenvalue weighted by Crippen LogP contribution is 2.30. The second-order valence-corrected chi connectivity index (χ2v) is 6.34. The number of halogens is 2. The molecule has 0 radical (unpaired) electrons. The van der Waals surface area contributed by atoms with Gasteiger partial charge in [0.2, 0.25) is 0 Å². The van der Waals surface area contributed by atoms with Crippen molar-refractivity contribution in [2.45, 2.75) is 33.2 Å². The smallest absolute Gasteiger partial charge is 0.0485 e. The molecule has 0 aromatic heterocycles. The maximum absolute atomic E-state index is 6.36. The summed E-state index contributed by atoms with van der Waals surface area (Å²) in [6.45, 7) is 9.31. The Morgan fingerprint density at radius 1 is 1.37 bits per heavy atom. The molecule has 4 heteroatoms. The van der Waals surface area contributed by atoms with Crippen molar-refractivity contribution in [3.63, 3.8) is 0 Å². The van der Waals surface area contributed by atoms with Crippen molar-refractivity contribution in [1.29, 1.82) is 0 Å². The van der Waals surface area contributed by atoms with Crippen molar-refractivity contribution >= 4 is 27.5 Å². The van der Waals surface area contributed by atoms with Crippen LogP contribution in [-0.2, 0) is 0 Å². The predicted molar refractivity (Wildman–Crippen MR) is 87.6 cm³/mol. The fraction of sp³-hybridized carbons (Fsp3) is 0.600. The first-order valence-corrected chi connectivity index (χ1v) is 8.09. The molecule has 0 aliphatic carbocycles. The first-order chi connectivity index (χ1) is 9.03. The lowest BCUT2D eigenvalue weighted by molar-refractivity contribution is 0.182. The molecule has 2 N–H and O–H groups in total. The van der Waals surface area contributed by atoms with Gasteiger partial charge in [0.1, 0.15) is 0 Å². The Hall–Kier alpha value is -0.0900. The van der Waals surface area contributed by atoms with E-state index >= 15 is 0 Å². The first kappa shape index (κ1) is 17.0. The van der Waals surface area contributed by atoms with Crippen LogP contribution in [0.5, 0.6) is 0 Å². The molecule has 2 atom stereocenters. The molecular weight excluding hydrogens is 324 g/mol. The van der Waals surface area contributed by atoms with Crippen LogP contribution in [0, 0.1) is 5.92 Å². The van der Waals surface area contributed by atoms with Crippen LogP contribution in [0.25, 0.3) is 0 Å². The van der Waals surface area contributed by atoms with E-state index in [1.165, 1.54) is 6.42 Å². The molecule has 0 aliphatic heterocycles. The molecule has 0 amide bonds. The average Bonchev–Trinajstić information content (AvgIpc) is 2.40. The molecule has 0 aliphatic rings. The van der Waals surface area contributed by atoms with Gasteiger partial charge < -0.3 is 5.73 Å². The third-order valence-corrected chi connectivity index (χ3v) is 4.46. The number of likely N-dealkylation sites (N-methyl/N-ethyl adjacent to an activating group) is 1. The van der Waals surface area contributed by atoms with Crippen LogP contribution in [0.3, 0.4) is 0 Å². The maximum atomic E-state index is 6.36. The standard InChI is InChI=1S/C15H24BrClN2/c1-4-11(3)10-19(5-2)15(9-18)13-7-6-12(16)8-14(13)17/h6-8,11,15H,4-5,9-10,18H2,1-3H3. The molecule has 0 saturated heterocycles. The molecule has 2 unspecified atom stereocenters. The molecule has 19 heavy (non-hydrogen) atoms. The minimum Gasteiger partial charge on any atom is -0.329 e. The summed E-state index contributed by atoms with van der Waals surface area (Å²) in [4.78, 5) is 2.42. The van der Waals surface area contributed by atoms with Crippen molar-refractivity contribution in [2.75, 3.05) is 19.6 Å². The second kappa shape index (κ2) is 8.25. The molecule has 1 aromatic carbocycles. The highest BCUT2D eigenvalue weighted by molar-refractivity contribution is 9.10. The zero-order chi connectivity index (χ0) is 14.4. The number of rotatable bonds is 7. The van der Waals surface area contributed by atoms with Crippen molar-refractivity contribution in [2.24, 2.45) is 11.7 Å². The summed E-state index contributed by atoms with van der Waals surface area (Å²) >= 11 is 9.81. The minimum atomic E-state index is 0.194. The summed E-state index contributed by atoms with van der Waals surface area (Å²) in [7, 11) is 0. The Labute approximate surface area is 130 Å². The highest BCUT2D eigenvalue weighted by Gasteiger charge is 2.21. The number of hydrogen-bond acceptors (Lipinski definition) is 2. The molecular formula is C15H24BrClN2. The topological polar surface area (TPSA) is 29.3 Å². The van der Waals surface area contributed by atoms with Crippen molar-refractivity contribution < 1.29 is 0 Å². The van der Waals surface area contributed by atoms with E-state index in [9.17, 15) is 0 Å². The van der Waals surface area contributed by atoms with Crippen LogP contribution in [0.15, 0.2) is 22.7 Å². The summed E-state index contributed by atoms with van der Waals surface area (Å²) in [5, 5.41) is 0.785. The molecule has 1 rings (SSSR count). The van der Waals surface area contributed by atoms with Gasteiger partial charge in [-0.05, 0) is 30.2 Å². The van der Waals surface area contributed by atoms with E-state index in [1.54, 1.807) is 0 Å². The van der Waals surface area contributed by atoms with Gasteiger partial charge in [-0.25, -0.2) is 0 Å². The molecule has 0 spiro atoms. The van der Waals surface area contributed by atoms with E-state index in [-0.39, 0.29) is 6.04 Å². The largest absolute Gasteiger partial charge is 0.329 e. The highest BCUT2D eigenvalue weighted by atomic mass is 79.9. The third-order valence-electron chi connectivity index (χ3n) is 3.63. The van der Waals surface area contributed by atoms with Crippen LogP contribution in [0.4, 0.5) is 0 Å². The predicted octanol–water partition coefficient (Wildman–Crippen LogP) is 4.47. The summed E-state index contributed by atoms with van der Waals surface area (Å²) < 4.78 is 1.00. The molecule has 108 valence electrons. The van der Waals surface area contributed by atoms with Gasteiger partial charge in [0.25, 0.3) is 0 Å². The Bertz CT molecular complexity index is 398. The fourth-order valence-corrected chi connectivity index (χ4v) is 3.05. The van der Waals surface area contributed by atoms with Crippen LogP contribution in [-0.4, -0.2) is 24.5 Å². The Morgan fingerprint density at radius 3 is 2.53 bits per heavy atom. The van der Waals surface area contributed by atoms with E-state index in [0.29, 0.717) is 12.5 Å². The zero-order valence-electron chi connectivity index (χ0n) is 12.0. The molecule has 1 aromatic rings. The van der Waals surface area contributed by atoms with Gasteiger partial charge in [0, 0.05) is 28.6 Å². The number of benzene rings is 1. The molecule has 0 saturated carbocycles. The van der Waals surface area contributed by atoms with Crippen LogP contribution in [0.2, 0.25) is 5.02 Å². The van der Waals surface area contributed by atoms with E-state index in [4.69, 9.17) is 17.3 Å². The number of nitrogens with zero attached hydrogens (tertiary/aromatic N) is 1. The molecule has 2 nitrogen and oxygen atoms in total. The quantitative estimate of drug-likeness (QED) is 0.788. The Kier molecular flexibility index (Phi) is 7.37. The summed E-state index contributed by atoms with van der Waals surface area (Å²) in [6.07, 6.45) is 1.18. The Balaban J connectivity index is 2.96. The van der Waals surface area contributed by atoms with Crippen LogP contribution < -0.4 is 5.73 Å². The van der Waals surface area contributed by atoms with Gasteiger partial charge in [0.05, 0.1) is 0 Å². The van der Waals surface area contributed by atoms with E-state index in [2.05, 4.69) is 47.7 Å².